The van der Waals surface area contributed by atoms with Gasteiger partial charge in [-0.15, -0.1) is 0 Å². The summed E-state index contributed by atoms with van der Waals surface area (Å²) in [7, 11) is 0. The molecule has 0 saturated heterocycles. The van der Waals surface area contributed by atoms with Gasteiger partial charge in [0.05, 0.1) is 0 Å². The summed E-state index contributed by atoms with van der Waals surface area (Å²) in [5.41, 5.74) is 0. The van der Waals surface area contributed by atoms with Gasteiger partial charge in [-0.2, -0.15) is 9.59 Å². The van der Waals surface area contributed by atoms with Crippen molar-refractivity contribution in [2.75, 3.05) is 0 Å². The fourth-order valence-electron chi connectivity index (χ4n) is 0. The standard InChI is InChI=1S/CHO3.CO2.2Cd.O/c2-1-4-3;2-1-3;;;/h3H;;;;/q-1;;;;. The van der Waals surface area contributed by atoms with Crippen molar-refractivity contribution in [3.63, 3.8) is 0 Å². The summed E-state index contributed by atoms with van der Waals surface area (Å²) in [4.78, 5) is 27.6. The Morgan fingerprint density at radius 1 is 1.40 bits per heavy atom. The molecule has 1 N–H and O–H groups in total. The number of carbonyl (C=O) groups excluding carboxylic acids is 3. The van der Waals surface area contributed by atoms with Gasteiger partial charge in [0.15, 0.2) is 0 Å². The molecule has 0 heterocycles. The van der Waals surface area contributed by atoms with Gasteiger partial charge in [-0.3, -0.25) is 0 Å². The number of hydrogen-bond acceptors (Lipinski definition) is 6. The van der Waals surface area contributed by atoms with Crippen molar-refractivity contribution < 1.29 is 80.3 Å². The summed E-state index contributed by atoms with van der Waals surface area (Å²) < 4.78 is 8.42. The first-order valence-corrected chi connectivity index (χ1v) is 2.94. The normalized spacial score (nSPS) is 3.50. The van der Waals surface area contributed by atoms with Crippen LogP contribution in [0.1, 0.15) is 0 Å². The molecule has 0 spiro atoms. The zero-order valence-corrected chi connectivity index (χ0v) is 13.0. The maximum atomic E-state index is 8.58. The second-order valence-corrected chi connectivity index (χ2v) is 0.258. The molecule has 0 aliphatic rings. The quantitative estimate of drug-likeness (QED) is 0.278. The van der Waals surface area contributed by atoms with E-state index in [1.54, 1.807) is 0 Å². The van der Waals surface area contributed by atoms with Crippen molar-refractivity contribution in [2.45, 2.75) is 0 Å². The maximum absolute atomic E-state index is 8.58. The van der Waals surface area contributed by atoms with E-state index in [2.05, 4.69) is 4.89 Å². The molecule has 0 aliphatic heterocycles. The molecular weight excluding hydrogens is 345 g/mol. The minimum absolute atomic E-state index is 0. The van der Waals surface area contributed by atoms with Crippen LogP contribution < -0.4 is 0 Å². The van der Waals surface area contributed by atoms with Gasteiger partial charge < -0.3 is 9.68 Å². The van der Waals surface area contributed by atoms with Crippen LogP contribution in [0.3, 0.4) is 0 Å². The monoisotopic (exact) mass is 349 g/mol. The van der Waals surface area contributed by atoms with Crippen molar-refractivity contribution in [3.8, 4) is 0 Å². The second-order valence-electron chi connectivity index (χ2n) is 0.258. The third kappa shape index (κ3) is 222. The summed E-state index contributed by atoms with van der Waals surface area (Å²) in [5.74, 6) is 0. The predicted molar refractivity (Wildman–Crippen MR) is 15.1 cm³/mol. The van der Waals surface area contributed by atoms with Crippen molar-refractivity contribution in [1.82, 2.24) is 0 Å². The van der Waals surface area contributed by atoms with E-state index >= 15 is 0 Å². The van der Waals surface area contributed by atoms with Gasteiger partial charge in [-0.25, -0.2) is 5.26 Å². The Morgan fingerprint density at radius 2 is 1.50 bits per heavy atom. The van der Waals surface area contributed by atoms with Gasteiger partial charge in [-0.05, 0) is 6.47 Å². The van der Waals surface area contributed by atoms with Gasteiger partial charge in [0, 0.05) is 27.3 Å². The fourth-order valence-corrected chi connectivity index (χ4v) is 0. The van der Waals surface area contributed by atoms with Crippen LogP contribution in [0.25, 0.3) is 0 Å². The van der Waals surface area contributed by atoms with Gasteiger partial charge in [-0.1, -0.05) is 0 Å². The van der Waals surface area contributed by atoms with E-state index in [9.17, 15) is 0 Å². The van der Waals surface area contributed by atoms with Crippen LogP contribution >= 0.6 is 0 Å². The third-order valence-electron chi connectivity index (χ3n) is 0.0373. The average Bonchev–Trinajstić information content (AvgIpc) is 1.94. The molecular formula is C2HCd2O6-. The molecule has 10 heavy (non-hydrogen) atoms. The van der Waals surface area contributed by atoms with Gasteiger partial charge in [0.1, 0.15) is 0 Å². The molecule has 6 nitrogen and oxygen atoms in total. The number of hydrogen-bond donors (Lipinski definition) is 1. The molecule has 0 aliphatic carbocycles. The minimum atomic E-state index is -0.1000. The van der Waals surface area contributed by atoms with E-state index in [0.29, 0.717) is 0 Å². The van der Waals surface area contributed by atoms with Gasteiger partial charge >= 0.3 is 34.6 Å². The van der Waals surface area contributed by atoms with Gasteiger partial charge in [0.25, 0.3) is 0 Å². The molecule has 8 heteroatoms. The molecule has 0 aromatic carbocycles. The summed E-state index contributed by atoms with van der Waals surface area (Å²) in [6, 6.07) is 0. The predicted octanol–water partition coefficient (Wildman–Crippen LogP) is -1.16. The molecule has 0 bridgehead atoms. The Bertz CT molecular complexity index is 77.8. The average molecular weight is 346 g/mol. The molecule has 0 rings (SSSR count). The molecule has 0 atom stereocenters. The van der Waals surface area contributed by atoms with Crippen LogP contribution in [0.4, 0.5) is 0 Å². The Balaban J connectivity index is -0.0000000273. The zero-order chi connectivity index (χ0) is 8.12. The molecule has 0 saturated carbocycles. The Hall–Kier alpha value is 0.454. The van der Waals surface area contributed by atoms with Crippen LogP contribution in [0, 0.1) is 0 Å². The number of rotatable bonds is 1. The third-order valence-corrected chi connectivity index (χ3v) is 0.0373. The summed E-state index contributed by atoms with van der Waals surface area (Å²) >= 11 is -0.1000. The topological polar surface area (TPSA) is 97.7 Å². The van der Waals surface area contributed by atoms with E-state index in [-0.39, 0.29) is 59.2 Å². The fraction of sp³-hybridized carbons (Fsp3) is 0. The van der Waals surface area contributed by atoms with E-state index < -0.39 is 0 Å². The summed E-state index contributed by atoms with van der Waals surface area (Å²) in [6.07, 6.45) is 0.250. The molecule has 0 radical (unpaired) electrons. The SMILES string of the molecule is O=C=O.O=[C-]OO.[Cd].[O]=[Cd]. The zero-order valence-electron chi connectivity index (χ0n) is 4.90. The first kappa shape index (κ1) is 22.4. The van der Waals surface area contributed by atoms with Crippen molar-refractivity contribution in [1.29, 1.82) is 0 Å². The molecule has 0 aromatic heterocycles. The summed E-state index contributed by atoms with van der Waals surface area (Å²) in [5, 5.41) is 6.95. The van der Waals surface area contributed by atoms with Crippen molar-refractivity contribution in [3.05, 3.63) is 0 Å². The van der Waals surface area contributed by atoms with Crippen LogP contribution in [0.2, 0.25) is 0 Å². The molecule has 0 unspecified atom stereocenters. The molecule has 0 amide bonds. The first-order valence-electron chi connectivity index (χ1n) is 1.29. The Kier molecular flexibility index (Phi) is 127. The van der Waals surface area contributed by atoms with Crippen LogP contribution in [0.5, 0.6) is 0 Å². The Labute approximate surface area is 92.2 Å². The first-order chi connectivity index (χ1) is 4.33. The Morgan fingerprint density at radius 3 is 1.50 bits per heavy atom. The van der Waals surface area contributed by atoms with Crippen LogP contribution in [0.15, 0.2) is 0 Å². The van der Waals surface area contributed by atoms with E-state index in [1.807, 2.05) is 0 Å². The second kappa shape index (κ2) is 56.6. The van der Waals surface area contributed by atoms with E-state index in [1.165, 1.54) is 0 Å². The van der Waals surface area contributed by atoms with Crippen molar-refractivity contribution in [2.24, 2.45) is 0 Å². The molecule has 0 aromatic rings. The van der Waals surface area contributed by atoms with Gasteiger partial charge in [0.2, 0.25) is 0 Å². The van der Waals surface area contributed by atoms with E-state index in [4.69, 9.17) is 22.3 Å². The molecule has 50 valence electrons. The van der Waals surface area contributed by atoms with Crippen molar-refractivity contribution >= 4 is 12.6 Å². The summed E-state index contributed by atoms with van der Waals surface area (Å²) in [6.45, 7) is 0.736. The van der Waals surface area contributed by atoms with Crippen LogP contribution in [-0.4, -0.2) is 17.9 Å². The van der Waals surface area contributed by atoms with E-state index in [0.717, 1.165) is 6.47 Å². The van der Waals surface area contributed by atoms with Crippen LogP contribution in [-0.2, 0) is 75.0 Å². The molecule has 0 fully saturated rings.